The molecule has 0 bridgehead atoms. The van der Waals surface area contributed by atoms with Crippen molar-refractivity contribution < 1.29 is 17.5 Å². The third-order valence-corrected chi connectivity index (χ3v) is 4.40. The van der Waals surface area contributed by atoms with E-state index in [-0.39, 0.29) is 24.1 Å². The Morgan fingerprint density at radius 1 is 1.33 bits per heavy atom. The molecule has 1 aromatic rings. The van der Waals surface area contributed by atoms with Crippen LogP contribution in [0.15, 0.2) is 23.1 Å². The molecule has 0 saturated heterocycles. The number of hydrogen-bond donors (Lipinski definition) is 2. The Morgan fingerprint density at radius 2 is 2.05 bits per heavy atom. The number of halogens is 1. The average Bonchev–Trinajstić information content (AvgIpc) is 2.42. The van der Waals surface area contributed by atoms with Crippen LogP contribution in [-0.4, -0.2) is 27.7 Å². The van der Waals surface area contributed by atoms with Crippen LogP contribution in [0, 0.1) is 5.82 Å². The van der Waals surface area contributed by atoms with Crippen LogP contribution in [0.5, 0.6) is 0 Å². The molecular formula is C14H23FN2O3S. The number of sulfonamides is 1. The smallest absolute Gasteiger partial charge is 0.240 e. The summed E-state index contributed by atoms with van der Waals surface area (Å²) in [5, 5.41) is 0. The van der Waals surface area contributed by atoms with Crippen molar-refractivity contribution in [1.82, 2.24) is 4.72 Å². The molecule has 0 aliphatic rings. The summed E-state index contributed by atoms with van der Waals surface area (Å²) in [5.74, 6) is -0.599. The van der Waals surface area contributed by atoms with Gasteiger partial charge in [-0.15, -0.1) is 0 Å². The predicted molar refractivity (Wildman–Crippen MR) is 79.8 cm³/mol. The highest BCUT2D eigenvalue weighted by Gasteiger charge is 2.18. The quantitative estimate of drug-likeness (QED) is 0.680. The lowest BCUT2D eigenvalue weighted by atomic mass is 10.2. The van der Waals surface area contributed by atoms with Gasteiger partial charge in [-0.2, -0.15) is 0 Å². The molecule has 0 saturated carbocycles. The number of nitrogens with one attached hydrogen (secondary N) is 1. The molecule has 0 heterocycles. The van der Waals surface area contributed by atoms with E-state index in [1.807, 2.05) is 13.8 Å². The van der Waals surface area contributed by atoms with E-state index in [0.717, 1.165) is 12.5 Å². The lowest BCUT2D eigenvalue weighted by Crippen LogP contribution is -2.26. The van der Waals surface area contributed by atoms with E-state index in [1.54, 1.807) is 0 Å². The van der Waals surface area contributed by atoms with E-state index in [0.29, 0.717) is 18.6 Å². The van der Waals surface area contributed by atoms with Crippen molar-refractivity contribution in [3.63, 3.8) is 0 Å². The lowest BCUT2D eigenvalue weighted by molar-refractivity contribution is 0.0762. The molecule has 5 nitrogen and oxygen atoms in total. The van der Waals surface area contributed by atoms with Crippen LogP contribution in [0.3, 0.4) is 0 Å². The summed E-state index contributed by atoms with van der Waals surface area (Å²) >= 11 is 0. The normalized spacial score (nSPS) is 12.0. The van der Waals surface area contributed by atoms with Crippen LogP contribution in [-0.2, 0) is 21.3 Å². The molecule has 7 heteroatoms. The molecule has 0 aliphatic heterocycles. The monoisotopic (exact) mass is 318 g/mol. The Hall–Kier alpha value is -1.02. The summed E-state index contributed by atoms with van der Waals surface area (Å²) in [6.07, 6.45) is 1.58. The minimum absolute atomic E-state index is 0.0404. The second-order valence-corrected chi connectivity index (χ2v) is 6.72. The van der Waals surface area contributed by atoms with Gasteiger partial charge in [0.05, 0.1) is 11.0 Å². The standard InChI is InChI=1S/C14H23FN2O3S/c1-11(2)20-8-4-3-7-17-21(18,19)14-9-13(15)6-5-12(14)10-16/h5-6,9,11,17H,3-4,7-8,10,16H2,1-2H3. The van der Waals surface area contributed by atoms with Crippen LogP contribution in [0.4, 0.5) is 4.39 Å². The van der Waals surface area contributed by atoms with Gasteiger partial charge in [-0.1, -0.05) is 6.07 Å². The molecule has 1 rings (SSSR count). The molecule has 0 fully saturated rings. The third kappa shape index (κ3) is 6.09. The van der Waals surface area contributed by atoms with Crippen molar-refractivity contribution in [3.8, 4) is 0 Å². The molecule has 0 atom stereocenters. The Bertz CT molecular complexity index is 547. The van der Waals surface area contributed by atoms with Crippen molar-refractivity contribution >= 4 is 10.0 Å². The highest BCUT2D eigenvalue weighted by molar-refractivity contribution is 7.89. The molecule has 0 radical (unpaired) electrons. The fourth-order valence-electron chi connectivity index (χ4n) is 1.78. The largest absolute Gasteiger partial charge is 0.379 e. The number of ether oxygens (including phenoxy) is 1. The second-order valence-electron chi connectivity index (χ2n) is 4.98. The van der Waals surface area contributed by atoms with Crippen molar-refractivity contribution in [2.45, 2.75) is 44.2 Å². The predicted octanol–water partition coefficient (Wildman–Crippen LogP) is 1.77. The first-order valence-corrected chi connectivity index (χ1v) is 8.45. The van der Waals surface area contributed by atoms with Crippen molar-refractivity contribution in [2.75, 3.05) is 13.2 Å². The van der Waals surface area contributed by atoms with Crippen LogP contribution >= 0.6 is 0 Å². The SMILES string of the molecule is CC(C)OCCCCNS(=O)(=O)c1cc(F)ccc1CN. The Kier molecular flexibility index (Phi) is 7.24. The molecule has 1 aromatic carbocycles. The third-order valence-electron chi connectivity index (χ3n) is 2.85. The summed E-state index contributed by atoms with van der Waals surface area (Å²) < 4.78 is 45.3. The molecule has 0 amide bonds. The van der Waals surface area contributed by atoms with Gasteiger partial charge in [0, 0.05) is 19.7 Å². The fraction of sp³-hybridized carbons (Fsp3) is 0.571. The molecule has 21 heavy (non-hydrogen) atoms. The first-order chi connectivity index (χ1) is 9.86. The zero-order chi connectivity index (χ0) is 15.9. The summed E-state index contributed by atoms with van der Waals surface area (Å²) in [7, 11) is -3.74. The highest BCUT2D eigenvalue weighted by Crippen LogP contribution is 2.16. The molecule has 120 valence electrons. The minimum Gasteiger partial charge on any atom is -0.379 e. The highest BCUT2D eigenvalue weighted by atomic mass is 32.2. The van der Waals surface area contributed by atoms with Gasteiger partial charge in [-0.05, 0) is 44.4 Å². The first-order valence-electron chi connectivity index (χ1n) is 6.96. The number of unbranched alkanes of at least 4 members (excludes halogenated alkanes) is 1. The maximum atomic E-state index is 13.2. The van der Waals surface area contributed by atoms with E-state index in [4.69, 9.17) is 10.5 Å². The average molecular weight is 318 g/mol. The second kappa shape index (κ2) is 8.43. The van der Waals surface area contributed by atoms with Crippen LogP contribution in [0.25, 0.3) is 0 Å². The van der Waals surface area contributed by atoms with Gasteiger partial charge < -0.3 is 10.5 Å². The number of hydrogen-bond acceptors (Lipinski definition) is 4. The Balaban J connectivity index is 2.56. The van der Waals surface area contributed by atoms with Crippen LogP contribution in [0.2, 0.25) is 0 Å². The summed E-state index contributed by atoms with van der Waals surface area (Å²) in [5.41, 5.74) is 5.88. The molecule has 0 unspecified atom stereocenters. The fourth-order valence-corrected chi connectivity index (χ4v) is 3.11. The van der Waals surface area contributed by atoms with Crippen LogP contribution < -0.4 is 10.5 Å². The van der Waals surface area contributed by atoms with Gasteiger partial charge in [0.1, 0.15) is 5.82 Å². The first kappa shape index (κ1) is 18.0. The number of benzene rings is 1. The van der Waals surface area contributed by atoms with E-state index in [9.17, 15) is 12.8 Å². The molecule has 0 aromatic heterocycles. The van der Waals surface area contributed by atoms with Gasteiger partial charge in [-0.3, -0.25) is 0 Å². The van der Waals surface area contributed by atoms with E-state index >= 15 is 0 Å². The molecular weight excluding hydrogens is 295 g/mol. The summed E-state index contributed by atoms with van der Waals surface area (Å²) in [4.78, 5) is -0.0940. The van der Waals surface area contributed by atoms with Crippen LogP contribution in [0.1, 0.15) is 32.3 Å². The maximum absolute atomic E-state index is 13.2. The van der Waals surface area contributed by atoms with Gasteiger partial charge >= 0.3 is 0 Å². The zero-order valence-corrected chi connectivity index (χ0v) is 13.2. The number of nitrogens with two attached hydrogens (primary N) is 1. The Labute approximate surface area is 125 Å². The van der Waals surface area contributed by atoms with Crippen molar-refractivity contribution in [1.29, 1.82) is 0 Å². The van der Waals surface area contributed by atoms with Gasteiger partial charge in [0.2, 0.25) is 10.0 Å². The lowest BCUT2D eigenvalue weighted by Gasteiger charge is -2.11. The van der Waals surface area contributed by atoms with Gasteiger partial charge in [0.25, 0.3) is 0 Å². The molecule has 0 spiro atoms. The van der Waals surface area contributed by atoms with Gasteiger partial charge in [0.15, 0.2) is 0 Å². The summed E-state index contributed by atoms with van der Waals surface area (Å²) in [6.45, 7) is 4.80. The topological polar surface area (TPSA) is 81.4 Å². The zero-order valence-electron chi connectivity index (χ0n) is 12.4. The van der Waals surface area contributed by atoms with Gasteiger partial charge in [-0.25, -0.2) is 17.5 Å². The van der Waals surface area contributed by atoms with E-state index in [2.05, 4.69) is 4.72 Å². The number of rotatable bonds is 9. The molecule has 3 N–H and O–H groups in total. The minimum atomic E-state index is -3.74. The Morgan fingerprint density at radius 3 is 2.67 bits per heavy atom. The maximum Gasteiger partial charge on any atom is 0.240 e. The van der Waals surface area contributed by atoms with Crippen molar-refractivity contribution in [3.05, 3.63) is 29.6 Å². The molecule has 0 aliphatic carbocycles. The van der Waals surface area contributed by atoms with E-state index in [1.165, 1.54) is 12.1 Å². The van der Waals surface area contributed by atoms with Crippen molar-refractivity contribution in [2.24, 2.45) is 5.73 Å². The summed E-state index contributed by atoms with van der Waals surface area (Å²) in [6, 6.07) is 3.58. The van der Waals surface area contributed by atoms with E-state index < -0.39 is 15.8 Å².